The minimum absolute atomic E-state index is 0.0768. The van der Waals surface area contributed by atoms with Crippen molar-refractivity contribution in [1.82, 2.24) is 0 Å². The maximum absolute atomic E-state index is 14.1. The Morgan fingerprint density at radius 2 is 2.11 bits per heavy atom. The molecule has 0 spiro atoms. The molecule has 0 fully saturated rings. The summed E-state index contributed by atoms with van der Waals surface area (Å²) in [6.45, 7) is 4.33. The van der Waals surface area contributed by atoms with Crippen molar-refractivity contribution in [2.45, 2.75) is 39.5 Å². The van der Waals surface area contributed by atoms with Gasteiger partial charge < -0.3 is 4.74 Å². The van der Waals surface area contributed by atoms with Crippen molar-refractivity contribution in [3.63, 3.8) is 0 Å². The summed E-state index contributed by atoms with van der Waals surface area (Å²) >= 11 is 0. The molecule has 2 heteroatoms. The van der Waals surface area contributed by atoms with Gasteiger partial charge in [-0.2, -0.15) is 0 Å². The molecule has 1 atom stereocenters. The topological polar surface area (TPSA) is 9.23 Å². The second-order valence-electron chi connectivity index (χ2n) is 5.12. The lowest BCUT2D eigenvalue weighted by molar-refractivity contribution is 0.414. The summed E-state index contributed by atoms with van der Waals surface area (Å²) in [7, 11) is 1.67. The van der Waals surface area contributed by atoms with E-state index in [0.29, 0.717) is 12.3 Å². The molecule has 1 nitrogen and oxygen atoms in total. The van der Waals surface area contributed by atoms with Crippen LogP contribution in [0.4, 0.5) is 4.39 Å². The zero-order valence-corrected chi connectivity index (χ0v) is 11.4. The number of ether oxygens (including phenoxy) is 1. The molecule has 0 N–H and O–H groups in total. The first-order chi connectivity index (χ1) is 8.65. The van der Waals surface area contributed by atoms with Gasteiger partial charge in [0, 0.05) is 6.42 Å². The molecule has 0 radical (unpaired) electrons. The fourth-order valence-electron chi connectivity index (χ4n) is 2.45. The monoisotopic (exact) mass is 248 g/mol. The molecule has 1 unspecified atom stereocenters. The fourth-order valence-corrected chi connectivity index (χ4v) is 2.45. The van der Waals surface area contributed by atoms with Crippen LogP contribution in [0.2, 0.25) is 0 Å². The molecule has 0 bridgehead atoms. The molecule has 0 heterocycles. The van der Waals surface area contributed by atoms with Crippen LogP contribution >= 0.6 is 0 Å². The van der Waals surface area contributed by atoms with Crippen LogP contribution in [0.1, 0.15) is 44.2 Å². The van der Waals surface area contributed by atoms with E-state index in [9.17, 15) is 4.39 Å². The van der Waals surface area contributed by atoms with Gasteiger partial charge in [-0.3, -0.25) is 0 Å². The number of fused-ring (bicyclic) bond motifs is 1. The van der Waals surface area contributed by atoms with Gasteiger partial charge in [0.1, 0.15) is 11.6 Å². The van der Waals surface area contributed by atoms with E-state index in [1.54, 1.807) is 7.11 Å². The van der Waals surface area contributed by atoms with Crippen molar-refractivity contribution in [1.29, 1.82) is 0 Å². The summed E-state index contributed by atoms with van der Waals surface area (Å²) < 4.78 is 19.3. The first-order valence-electron chi connectivity index (χ1n) is 6.70. The predicted octanol–water partition coefficient (Wildman–Crippen LogP) is 4.76. The fraction of sp³-hybridized carbons (Fsp3) is 0.500. The molecule has 18 heavy (non-hydrogen) atoms. The average Bonchev–Trinajstić information content (AvgIpc) is 2.41. The van der Waals surface area contributed by atoms with E-state index >= 15 is 0 Å². The third kappa shape index (κ3) is 2.58. The normalized spacial score (nSPS) is 16.4. The Hall–Kier alpha value is -1.31. The molecule has 0 aliphatic heterocycles. The Labute approximate surface area is 109 Å². The quantitative estimate of drug-likeness (QED) is 0.746. The summed E-state index contributed by atoms with van der Waals surface area (Å²) in [5.41, 5.74) is 3.21. The Kier molecular flexibility index (Phi) is 4.05. The van der Waals surface area contributed by atoms with Crippen LogP contribution < -0.4 is 4.74 Å². The van der Waals surface area contributed by atoms with Crippen LogP contribution in [0, 0.1) is 5.92 Å². The average molecular weight is 248 g/mol. The minimum Gasteiger partial charge on any atom is -0.497 e. The van der Waals surface area contributed by atoms with Crippen molar-refractivity contribution >= 4 is 5.57 Å². The molecule has 1 aromatic rings. The van der Waals surface area contributed by atoms with E-state index in [1.807, 2.05) is 18.2 Å². The van der Waals surface area contributed by atoms with E-state index in [0.717, 1.165) is 36.1 Å². The van der Waals surface area contributed by atoms with E-state index in [4.69, 9.17) is 4.74 Å². The second kappa shape index (κ2) is 5.55. The van der Waals surface area contributed by atoms with Crippen LogP contribution in [-0.4, -0.2) is 7.11 Å². The predicted molar refractivity (Wildman–Crippen MR) is 73.4 cm³/mol. The van der Waals surface area contributed by atoms with Crippen molar-refractivity contribution in [3.05, 3.63) is 35.2 Å². The van der Waals surface area contributed by atoms with Gasteiger partial charge in [0.15, 0.2) is 0 Å². The van der Waals surface area contributed by atoms with E-state index in [1.165, 1.54) is 5.56 Å². The van der Waals surface area contributed by atoms with E-state index in [-0.39, 0.29) is 5.83 Å². The van der Waals surface area contributed by atoms with Gasteiger partial charge in [-0.1, -0.05) is 26.3 Å². The first-order valence-corrected chi connectivity index (χ1v) is 6.70. The third-order valence-electron chi connectivity index (χ3n) is 3.83. The van der Waals surface area contributed by atoms with Crippen LogP contribution in [0.25, 0.3) is 5.57 Å². The highest BCUT2D eigenvalue weighted by Gasteiger charge is 2.20. The molecule has 0 saturated heterocycles. The highest BCUT2D eigenvalue weighted by Crippen LogP contribution is 2.37. The number of allylic oxidation sites excluding steroid dienone is 2. The summed E-state index contributed by atoms with van der Waals surface area (Å²) in [6.07, 6.45) is 3.23. The van der Waals surface area contributed by atoms with Gasteiger partial charge >= 0.3 is 0 Å². The number of benzene rings is 1. The number of aryl methyl sites for hydroxylation is 1. The summed E-state index contributed by atoms with van der Waals surface area (Å²) in [5.74, 6) is 1.46. The maximum Gasteiger partial charge on any atom is 0.119 e. The van der Waals surface area contributed by atoms with Gasteiger partial charge in [-0.05, 0) is 47.6 Å². The van der Waals surface area contributed by atoms with Crippen molar-refractivity contribution in [2.24, 2.45) is 5.92 Å². The number of halogens is 1. The van der Waals surface area contributed by atoms with Gasteiger partial charge in [0.2, 0.25) is 0 Å². The molecular weight excluding hydrogens is 227 g/mol. The van der Waals surface area contributed by atoms with Gasteiger partial charge in [0.05, 0.1) is 7.11 Å². The maximum atomic E-state index is 14.1. The largest absolute Gasteiger partial charge is 0.497 e. The number of rotatable bonds is 4. The standard InChI is InChI=1S/C16H21FO/c1-4-11(2)9-15-14-7-6-13(18-3)10-12(14)5-8-16(15)17/h6-7,10-11H,4-5,8-9H2,1-3H3. The Morgan fingerprint density at radius 3 is 2.78 bits per heavy atom. The van der Waals surface area contributed by atoms with Crippen molar-refractivity contribution in [2.75, 3.05) is 7.11 Å². The van der Waals surface area contributed by atoms with Crippen molar-refractivity contribution < 1.29 is 9.13 Å². The SMILES string of the molecule is CCC(C)CC1=C(F)CCc2cc(OC)ccc21. The molecule has 98 valence electrons. The van der Waals surface area contributed by atoms with Crippen LogP contribution in [0.5, 0.6) is 5.75 Å². The molecule has 0 aromatic heterocycles. The lowest BCUT2D eigenvalue weighted by Crippen LogP contribution is -2.06. The summed E-state index contributed by atoms with van der Waals surface area (Å²) in [5, 5.41) is 0. The highest BCUT2D eigenvalue weighted by molar-refractivity contribution is 5.72. The lowest BCUT2D eigenvalue weighted by atomic mass is 9.85. The molecule has 0 saturated carbocycles. The highest BCUT2D eigenvalue weighted by atomic mass is 19.1. The Balaban J connectivity index is 2.35. The summed E-state index contributed by atoms with van der Waals surface area (Å²) in [4.78, 5) is 0. The first kappa shape index (κ1) is 13.1. The minimum atomic E-state index is 0.0768. The number of methoxy groups -OCH3 is 1. The second-order valence-corrected chi connectivity index (χ2v) is 5.12. The molecular formula is C16H21FO. The van der Waals surface area contributed by atoms with Gasteiger partial charge in [-0.15, -0.1) is 0 Å². The third-order valence-corrected chi connectivity index (χ3v) is 3.83. The van der Waals surface area contributed by atoms with Crippen LogP contribution in [0.15, 0.2) is 24.0 Å². The van der Waals surface area contributed by atoms with Crippen LogP contribution in [0.3, 0.4) is 0 Å². The molecule has 1 aliphatic rings. The number of hydrogen-bond donors (Lipinski definition) is 0. The zero-order chi connectivity index (χ0) is 13.1. The van der Waals surface area contributed by atoms with Crippen LogP contribution in [-0.2, 0) is 6.42 Å². The van der Waals surface area contributed by atoms with Gasteiger partial charge in [-0.25, -0.2) is 4.39 Å². The van der Waals surface area contributed by atoms with Crippen molar-refractivity contribution in [3.8, 4) is 5.75 Å². The molecule has 1 aliphatic carbocycles. The molecule has 1 aromatic carbocycles. The molecule has 2 rings (SSSR count). The van der Waals surface area contributed by atoms with E-state index < -0.39 is 0 Å². The van der Waals surface area contributed by atoms with Gasteiger partial charge in [0.25, 0.3) is 0 Å². The summed E-state index contributed by atoms with van der Waals surface area (Å²) in [6, 6.07) is 5.97. The van der Waals surface area contributed by atoms with E-state index in [2.05, 4.69) is 13.8 Å². The smallest absolute Gasteiger partial charge is 0.119 e. The lowest BCUT2D eigenvalue weighted by Gasteiger charge is -2.22. The molecule has 0 amide bonds. The zero-order valence-electron chi connectivity index (χ0n) is 11.4. The Morgan fingerprint density at radius 1 is 1.33 bits per heavy atom. The Bertz CT molecular complexity index is 462. The number of hydrogen-bond acceptors (Lipinski definition) is 1.